The molecule has 3 saturated carbocycles. The van der Waals surface area contributed by atoms with E-state index in [9.17, 15) is 0 Å². The zero-order valence-corrected chi connectivity index (χ0v) is 17.9. The van der Waals surface area contributed by atoms with E-state index >= 15 is 0 Å². The molecular weight excluding hydrogens is 316 g/mol. The summed E-state index contributed by atoms with van der Waals surface area (Å²) in [6, 6.07) is 0. The van der Waals surface area contributed by atoms with Crippen LogP contribution in [0.25, 0.3) is 0 Å². The van der Waals surface area contributed by atoms with Gasteiger partial charge < -0.3 is 4.74 Å². The van der Waals surface area contributed by atoms with Gasteiger partial charge in [-0.1, -0.05) is 52.4 Å². The molecule has 26 heavy (non-hydrogen) atoms. The summed E-state index contributed by atoms with van der Waals surface area (Å²) in [4.78, 5) is 0. The molecule has 0 atom stereocenters. The van der Waals surface area contributed by atoms with E-state index in [2.05, 4.69) is 13.8 Å². The molecule has 3 aliphatic rings. The van der Waals surface area contributed by atoms with Crippen LogP contribution in [0.15, 0.2) is 0 Å². The molecule has 0 spiro atoms. The van der Waals surface area contributed by atoms with Crippen molar-refractivity contribution in [3.8, 4) is 0 Å². The van der Waals surface area contributed by atoms with E-state index in [4.69, 9.17) is 4.74 Å². The Morgan fingerprint density at radius 3 is 1.69 bits per heavy atom. The Labute approximate surface area is 164 Å². The molecule has 0 N–H and O–H groups in total. The summed E-state index contributed by atoms with van der Waals surface area (Å²) < 4.78 is 6.35. The van der Waals surface area contributed by atoms with Gasteiger partial charge in [-0.15, -0.1) is 0 Å². The summed E-state index contributed by atoms with van der Waals surface area (Å²) in [5.41, 5.74) is 0. The highest BCUT2D eigenvalue weighted by Crippen LogP contribution is 2.42. The van der Waals surface area contributed by atoms with E-state index in [1.807, 2.05) is 0 Å². The number of rotatable bonds is 8. The van der Waals surface area contributed by atoms with Crippen LogP contribution in [0.5, 0.6) is 0 Å². The van der Waals surface area contributed by atoms with Gasteiger partial charge in [0.25, 0.3) is 0 Å². The lowest BCUT2D eigenvalue weighted by Gasteiger charge is -2.38. The molecule has 0 unspecified atom stereocenters. The first-order valence-corrected chi connectivity index (χ1v) is 12.4. The molecule has 3 rings (SSSR count). The summed E-state index contributed by atoms with van der Waals surface area (Å²) in [6.07, 6.45) is 23.8. The lowest BCUT2D eigenvalue weighted by Crippen LogP contribution is -2.29. The largest absolute Gasteiger partial charge is 0.378 e. The van der Waals surface area contributed by atoms with Crippen molar-refractivity contribution in [2.75, 3.05) is 6.61 Å². The van der Waals surface area contributed by atoms with Gasteiger partial charge in [0.1, 0.15) is 0 Å². The van der Waals surface area contributed by atoms with Crippen LogP contribution in [-0.4, -0.2) is 12.7 Å². The van der Waals surface area contributed by atoms with E-state index in [-0.39, 0.29) is 0 Å². The third kappa shape index (κ3) is 6.25. The molecule has 0 saturated heterocycles. The highest BCUT2D eigenvalue weighted by Gasteiger charge is 2.31. The smallest absolute Gasteiger partial charge is 0.0575 e. The van der Waals surface area contributed by atoms with Crippen molar-refractivity contribution < 1.29 is 4.74 Å². The fourth-order valence-electron chi connectivity index (χ4n) is 6.25. The lowest BCUT2D eigenvalue weighted by molar-refractivity contribution is -0.0125. The van der Waals surface area contributed by atoms with E-state index in [1.165, 1.54) is 89.9 Å². The van der Waals surface area contributed by atoms with Gasteiger partial charge in [0, 0.05) is 6.61 Å². The fraction of sp³-hybridized carbons (Fsp3) is 1.00. The van der Waals surface area contributed by atoms with E-state index in [1.54, 1.807) is 12.8 Å². The van der Waals surface area contributed by atoms with Crippen molar-refractivity contribution in [2.45, 2.75) is 123 Å². The van der Waals surface area contributed by atoms with Gasteiger partial charge in [0.2, 0.25) is 0 Å². The van der Waals surface area contributed by atoms with Crippen LogP contribution >= 0.6 is 0 Å². The third-order valence-corrected chi connectivity index (χ3v) is 8.35. The Morgan fingerprint density at radius 1 is 0.615 bits per heavy atom. The minimum atomic E-state index is 0.592. The molecule has 3 fully saturated rings. The number of hydrogen-bond acceptors (Lipinski definition) is 1. The number of unbranched alkanes of at least 4 members (excludes halogenated alkanes) is 1. The van der Waals surface area contributed by atoms with Gasteiger partial charge in [0.15, 0.2) is 0 Å². The second-order valence-corrected chi connectivity index (χ2v) is 10.1. The number of hydrogen-bond donors (Lipinski definition) is 0. The van der Waals surface area contributed by atoms with Gasteiger partial charge in [-0.2, -0.15) is 0 Å². The molecule has 0 aromatic heterocycles. The van der Waals surface area contributed by atoms with Crippen molar-refractivity contribution in [3.63, 3.8) is 0 Å². The first-order chi connectivity index (χ1) is 12.8. The number of ether oxygens (including phenoxy) is 1. The predicted octanol–water partition coefficient (Wildman–Crippen LogP) is 7.77. The molecular formula is C25H46O. The third-order valence-electron chi connectivity index (χ3n) is 8.35. The molecule has 0 amide bonds. The van der Waals surface area contributed by atoms with Crippen LogP contribution in [0.3, 0.4) is 0 Å². The Kier molecular flexibility index (Phi) is 8.82. The molecule has 0 heterocycles. The van der Waals surface area contributed by atoms with Gasteiger partial charge in [0.05, 0.1) is 6.10 Å². The molecule has 0 aromatic carbocycles. The Balaban J connectivity index is 1.28. The van der Waals surface area contributed by atoms with Gasteiger partial charge in [-0.25, -0.2) is 0 Å². The zero-order valence-electron chi connectivity index (χ0n) is 17.9. The lowest BCUT2D eigenvalue weighted by atomic mass is 9.69. The fourth-order valence-corrected chi connectivity index (χ4v) is 6.25. The van der Waals surface area contributed by atoms with Crippen LogP contribution in [0.1, 0.15) is 117 Å². The average Bonchev–Trinajstić information content (AvgIpc) is 2.72. The second kappa shape index (κ2) is 11.1. The Hall–Kier alpha value is -0.0400. The van der Waals surface area contributed by atoms with Crippen LogP contribution in [0.2, 0.25) is 0 Å². The van der Waals surface area contributed by atoms with Crippen LogP contribution in [0, 0.1) is 29.6 Å². The van der Waals surface area contributed by atoms with Crippen LogP contribution in [-0.2, 0) is 4.74 Å². The standard InChI is InChI=1S/C25H46O/c1-3-5-6-21-7-13-23(14-8-21)24-15-9-22(10-16-24)19-26-25-17-11-20(4-2)12-18-25/h20-25H,3-19H2,1-2H3. The van der Waals surface area contributed by atoms with Crippen LogP contribution < -0.4 is 0 Å². The summed E-state index contributed by atoms with van der Waals surface area (Å²) in [5, 5.41) is 0. The second-order valence-electron chi connectivity index (χ2n) is 10.1. The Morgan fingerprint density at radius 2 is 1.15 bits per heavy atom. The summed E-state index contributed by atoms with van der Waals surface area (Å²) in [5.74, 6) is 5.05. The van der Waals surface area contributed by atoms with E-state index in [0.717, 1.165) is 36.2 Å². The zero-order chi connectivity index (χ0) is 18.2. The minimum absolute atomic E-state index is 0.592. The highest BCUT2D eigenvalue weighted by molar-refractivity contribution is 4.82. The van der Waals surface area contributed by atoms with Gasteiger partial charge in [-0.3, -0.25) is 0 Å². The molecule has 0 aromatic rings. The summed E-state index contributed by atoms with van der Waals surface area (Å²) >= 11 is 0. The maximum Gasteiger partial charge on any atom is 0.0575 e. The predicted molar refractivity (Wildman–Crippen MR) is 112 cm³/mol. The highest BCUT2D eigenvalue weighted by atomic mass is 16.5. The molecule has 152 valence electrons. The Bertz CT molecular complexity index is 354. The topological polar surface area (TPSA) is 9.23 Å². The molecule has 1 nitrogen and oxygen atoms in total. The quantitative estimate of drug-likeness (QED) is 0.428. The minimum Gasteiger partial charge on any atom is -0.378 e. The van der Waals surface area contributed by atoms with Crippen molar-refractivity contribution in [1.82, 2.24) is 0 Å². The van der Waals surface area contributed by atoms with Crippen LogP contribution in [0.4, 0.5) is 0 Å². The van der Waals surface area contributed by atoms with Gasteiger partial charge >= 0.3 is 0 Å². The van der Waals surface area contributed by atoms with Crippen molar-refractivity contribution in [3.05, 3.63) is 0 Å². The first kappa shape index (κ1) is 20.7. The SMILES string of the molecule is CCCCC1CCC(C2CCC(COC3CCC(CC)CC3)CC2)CC1. The van der Waals surface area contributed by atoms with Crippen molar-refractivity contribution in [1.29, 1.82) is 0 Å². The molecule has 0 aliphatic heterocycles. The summed E-state index contributed by atoms with van der Waals surface area (Å²) in [6.45, 7) is 5.75. The normalized spacial score (nSPS) is 39.0. The maximum absolute atomic E-state index is 6.35. The van der Waals surface area contributed by atoms with Crippen molar-refractivity contribution >= 4 is 0 Å². The monoisotopic (exact) mass is 362 g/mol. The van der Waals surface area contributed by atoms with Gasteiger partial charge in [-0.05, 0) is 93.8 Å². The molecule has 0 bridgehead atoms. The van der Waals surface area contributed by atoms with E-state index < -0.39 is 0 Å². The molecule has 3 aliphatic carbocycles. The summed E-state index contributed by atoms with van der Waals surface area (Å²) in [7, 11) is 0. The first-order valence-electron chi connectivity index (χ1n) is 12.4. The molecule has 0 radical (unpaired) electrons. The van der Waals surface area contributed by atoms with E-state index in [0.29, 0.717) is 6.10 Å². The molecule has 1 heteroatoms. The average molecular weight is 363 g/mol. The maximum atomic E-state index is 6.35. The van der Waals surface area contributed by atoms with Crippen molar-refractivity contribution in [2.24, 2.45) is 29.6 Å².